The molecule has 1 aromatic rings. The van der Waals surface area contributed by atoms with Crippen LogP contribution in [0.4, 0.5) is 11.9 Å². The molecule has 1 unspecified atom stereocenters. The molecule has 0 saturated heterocycles. The Bertz CT molecular complexity index is 403. The third kappa shape index (κ3) is 4.89. The van der Waals surface area contributed by atoms with Crippen LogP contribution in [0.3, 0.4) is 0 Å². The largest absolute Gasteiger partial charge is 0.463 e. The van der Waals surface area contributed by atoms with E-state index in [0.29, 0.717) is 24.5 Å². The normalized spacial score (nSPS) is 12.9. The fraction of sp³-hybridized carbons (Fsp3) is 0.769. The van der Waals surface area contributed by atoms with Gasteiger partial charge < -0.3 is 15.4 Å². The maximum atomic E-state index is 5.46. The van der Waals surface area contributed by atoms with E-state index in [4.69, 9.17) is 4.74 Å². The van der Waals surface area contributed by atoms with Crippen molar-refractivity contribution in [2.75, 3.05) is 24.3 Å². The first-order chi connectivity index (χ1) is 8.86. The molecule has 0 radical (unpaired) electrons. The average Bonchev–Trinajstić information content (AvgIpc) is 2.34. The summed E-state index contributed by atoms with van der Waals surface area (Å²) < 4.78 is 5.46. The minimum Gasteiger partial charge on any atom is -0.463 e. The van der Waals surface area contributed by atoms with Gasteiger partial charge in [0.25, 0.3) is 0 Å². The van der Waals surface area contributed by atoms with Gasteiger partial charge in [0, 0.05) is 13.1 Å². The number of ether oxygens (including phenoxy) is 1. The van der Waals surface area contributed by atoms with Gasteiger partial charge in [0.1, 0.15) is 0 Å². The topological polar surface area (TPSA) is 72.0 Å². The van der Waals surface area contributed by atoms with Gasteiger partial charge in [-0.2, -0.15) is 15.0 Å². The molecule has 6 nitrogen and oxygen atoms in total. The highest BCUT2D eigenvalue weighted by molar-refractivity contribution is 5.36. The third-order valence-electron chi connectivity index (χ3n) is 2.92. The molecule has 0 aliphatic heterocycles. The smallest absolute Gasteiger partial charge is 0.323 e. The van der Waals surface area contributed by atoms with Gasteiger partial charge in [-0.1, -0.05) is 27.7 Å². The lowest BCUT2D eigenvalue weighted by molar-refractivity contribution is 0.291. The molecule has 2 N–H and O–H groups in total. The Morgan fingerprint density at radius 1 is 1.16 bits per heavy atom. The first-order valence-electron chi connectivity index (χ1n) is 6.70. The highest BCUT2D eigenvalue weighted by Crippen LogP contribution is 2.22. The molecular weight excluding hydrogens is 242 g/mol. The Morgan fingerprint density at radius 3 is 2.32 bits per heavy atom. The van der Waals surface area contributed by atoms with E-state index in [1.807, 2.05) is 6.92 Å². The lowest BCUT2D eigenvalue weighted by Gasteiger charge is -2.28. The van der Waals surface area contributed by atoms with Crippen molar-refractivity contribution in [2.45, 2.75) is 47.1 Å². The molecule has 0 spiro atoms. The molecule has 0 aromatic carbocycles. The number of aromatic nitrogens is 3. The summed E-state index contributed by atoms with van der Waals surface area (Å²) in [6, 6.07) is 0.587. The molecule has 0 aliphatic carbocycles. The zero-order chi connectivity index (χ0) is 14.5. The van der Waals surface area contributed by atoms with Gasteiger partial charge in [0.15, 0.2) is 0 Å². The molecule has 0 amide bonds. The third-order valence-corrected chi connectivity index (χ3v) is 2.92. The molecule has 0 saturated carbocycles. The highest BCUT2D eigenvalue weighted by Gasteiger charge is 2.21. The number of hydrogen-bond donors (Lipinski definition) is 2. The van der Waals surface area contributed by atoms with Crippen molar-refractivity contribution < 1.29 is 4.74 Å². The van der Waals surface area contributed by atoms with Crippen LogP contribution in [0, 0.1) is 5.41 Å². The summed E-state index contributed by atoms with van der Waals surface area (Å²) in [6.07, 6.45) is 0.918. The van der Waals surface area contributed by atoms with Crippen molar-refractivity contribution in [3.05, 3.63) is 0 Å². The van der Waals surface area contributed by atoms with Gasteiger partial charge in [-0.15, -0.1) is 0 Å². The second kappa shape index (κ2) is 6.54. The lowest BCUT2D eigenvalue weighted by Crippen LogP contribution is -2.31. The summed E-state index contributed by atoms with van der Waals surface area (Å²) >= 11 is 0. The zero-order valence-corrected chi connectivity index (χ0v) is 12.7. The van der Waals surface area contributed by atoms with Crippen LogP contribution in [-0.4, -0.2) is 34.6 Å². The van der Waals surface area contributed by atoms with Crippen molar-refractivity contribution in [2.24, 2.45) is 5.41 Å². The van der Waals surface area contributed by atoms with Crippen LogP contribution in [0.25, 0.3) is 0 Å². The molecule has 19 heavy (non-hydrogen) atoms. The maximum absolute atomic E-state index is 5.46. The van der Waals surface area contributed by atoms with Gasteiger partial charge in [-0.05, 0) is 18.8 Å². The molecule has 1 rings (SSSR count). The summed E-state index contributed by atoms with van der Waals surface area (Å²) in [4.78, 5) is 12.7. The van der Waals surface area contributed by atoms with E-state index >= 15 is 0 Å². The SMILES string of the molecule is CCCOc1nc(NC)nc(NC(C)C(C)(C)C)n1. The van der Waals surface area contributed by atoms with Crippen LogP contribution >= 0.6 is 0 Å². The molecule has 108 valence electrons. The number of nitrogens with one attached hydrogen (secondary N) is 2. The van der Waals surface area contributed by atoms with Crippen molar-refractivity contribution >= 4 is 11.9 Å². The number of hydrogen-bond acceptors (Lipinski definition) is 6. The Labute approximate surface area is 115 Å². The monoisotopic (exact) mass is 267 g/mol. The number of anilines is 2. The second-order valence-electron chi connectivity index (χ2n) is 5.60. The van der Waals surface area contributed by atoms with Gasteiger partial charge in [0.05, 0.1) is 6.61 Å². The Hall–Kier alpha value is -1.59. The summed E-state index contributed by atoms with van der Waals surface area (Å²) in [5.74, 6) is 1.04. The van der Waals surface area contributed by atoms with Crippen molar-refractivity contribution in [1.29, 1.82) is 0 Å². The molecule has 1 atom stereocenters. The molecule has 1 heterocycles. The first-order valence-corrected chi connectivity index (χ1v) is 6.70. The van der Waals surface area contributed by atoms with E-state index in [2.05, 4.69) is 53.3 Å². The van der Waals surface area contributed by atoms with Crippen LogP contribution in [0.1, 0.15) is 41.0 Å². The molecule has 0 fully saturated rings. The molecule has 6 heteroatoms. The maximum Gasteiger partial charge on any atom is 0.323 e. The minimum absolute atomic E-state index is 0.122. The Balaban J connectivity index is 2.87. The van der Waals surface area contributed by atoms with Gasteiger partial charge in [-0.3, -0.25) is 0 Å². The van der Waals surface area contributed by atoms with Crippen LogP contribution in [-0.2, 0) is 0 Å². The summed E-state index contributed by atoms with van der Waals surface area (Å²) in [5.41, 5.74) is 0.122. The van der Waals surface area contributed by atoms with Crippen LogP contribution in [0.2, 0.25) is 0 Å². The van der Waals surface area contributed by atoms with E-state index in [0.717, 1.165) is 6.42 Å². The van der Waals surface area contributed by atoms with Gasteiger partial charge in [0.2, 0.25) is 11.9 Å². The zero-order valence-electron chi connectivity index (χ0n) is 12.7. The first kappa shape index (κ1) is 15.5. The van der Waals surface area contributed by atoms with Crippen molar-refractivity contribution in [1.82, 2.24) is 15.0 Å². The van der Waals surface area contributed by atoms with E-state index in [9.17, 15) is 0 Å². The van der Waals surface area contributed by atoms with Crippen molar-refractivity contribution in [3.63, 3.8) is 0 Å². The molecule has 1 aromatic heterocycles. The van der Waals surface area contributed by atoms with Crippen LogP contribution in [0.5, 0.6) is 6.01 Å². The minimum atomic E-state index is 0.122. The number of rotatable bonds is 6. The van der Waals surface area contributed by atoms with E-state index < -0.39 is 0 Å². The fourth-order valence-corrected chi connectivity index (χ4v) is 1.20. The second-order valence-corrected chi connectivity index (χ2v) is 5.60. The highest BCUT2D eigenvalue weighted by atomic mass is 16.5. The quantitative estimate of drug-likeness (QED) is 0.825. The Kier molecular flexibility index (Phi) is 5.32. The van der Waals surface area contributed by atoms with Gasteiger partial charge >= 0.3 is 6.01 Å². The standard InChI is InChI=1S/C13H25N5O/c1-7-8-19-12-17-10(14-6)16-11(18-12)15-9(2)13(3,4)5/h9H,7-8H2,1-6H3,(H2,14,15,16,17,18). The molecule has 0 bridgehead atoms. The predicted octanol–water partition coefficient (Wildman–Crippen LogP) is 2.55. The predicted molar refractivity (Wildman–Crippen MR) is 77.7 cm³/mol. The molecule has 0 aliphatic rings. The summed E-state index contributed by atoms with van der Waals surface area (Å²) in [6.45, 7) is 11.2. The summed E-state index contributed by atoms with van der Waals surface area (Å²) in [7, 11) is 1.77. The fourth-order valence-electron chi connectivity index (χ4n) is 1.20. The van der Waals surface area contributed by atoms with Crippen LogP contribution < -0.4 is 15.4 Å². The van der Waals surface area contributed by atoms with E-state index in [1.165, 1.54) is 0 Å². The van der Waals surface area contributed by atoms with E-state index in [-0.39, 0.29) is 11.5 Å². The Morgan fingerprint density at radius 2 is 1.79 bits per heavy atom. The summed E-state index contributed by atoms with van der Waals surface area (Å²) in [5, 5.41) is 6.21. The number of nitrogens with zero attached hydrogens (tertiary/aromatic N) is 3. The van der Waals surface area contributed by atoms with E-state index in [1.54, 1.807) is 7.05 Å². The van der Waals surface area contributed by atoms with Crippen LogP contribution in [0.15, 0.2) is 0 Å². The molecular formula is C13H25N5O. The van der Waals surface area contributed by atoms with Gasteiger partial charge in [-0.25, -0.2) is 0 Å². The lowest BCUT2D eigenvalue weighted by atomic mass is 9.88. The van der Waals surface area contributed by atoms with Crippen molar-refractivity contribution in [3.8, 4) is 6.01 Å². The average molecular weight is 267 g/mol.